The molecule has 0 aliphatic heterocycles. The topological polar surface area (TPSA) is 82.2 Å². The van der Waals surface area contributed by atoms with Crippen molar-refractivity contribution in [2.24, 2.45) is 7.05 Å². The minimum absolute atomic E-state index is 0.144. The summed E-state index contributed by atoms with van der Waals surface area (Å²) in [6, 6.07) is 8.08. The number of hydrogen-bond acceptors (Lipinski definition) is 4. The SMILES string of the molecule is Cc1nn(-c2cc(OC(F)F)n(C)n2)c(-c2ccc(Cl)cc2)c1CC(=O)O. The number of alkyl halides is 2. The molecule has 0 spiro atoms. The van der Waals surface area contributed by atoms with E-state index in [-0.39, 0.29) is 18.1 Å². The second-order valence-electron chi connectivity index (χ2n) is 5.74. The second-order valence-corrected chi connectivity index (χ2v) is 6.18. The Labute approximate surface area is 157 Å². The number of carboxylic acids is 1. The van der Waals surface area contributed by atoms with Crippen molar-refractivity contribution < 1.29 is 23.4 Å². The summed E-state index contributed by atoms with van der Waals surface area (Å²) < 4.78 is 32.1. The van der Waals surface area contributed by atoms with Gasteiger partial charge in [-0.1, -0.05) is 23.7 Å². The highest BCUT2D eigenvalue weighted by molar-refractivity contribution is 6.30. The first-order chi connectivity index (χ1) is 12.8. The van der Waals surface area contributed by atoms with Gasteiger partial charge in [-0.15, -0.1) is 5.10 Å². The van der Waals surface area contributed by atoms with E-state index in [9.17, 15) is 18.7 Å². The average molecular weight is 397 g/mol. The Morgan fingerprint density at radius 3 is 2.56 bits per heavy atom. The van der Waals surface area contributed by atoms with Crippen LogP contribution in [-0.4, -0.2) is 37.2 Å². The minimum atomic E-state index is -2.99. The number of carbonyl (C=O) groups is 1. The van der Waals surface area contributed by atoms with E-state index >= 15 is 0 Å². The highest BCUT2D eigenvalue weighted by Gasteiger charge is 2.23. The summed E-state index contributed by atoms with van der Waals surface area (Å²) in [6.07, 6.45) is -0.253. The predicted molar refractivity (Wildman–Crippen MR) is 93.5 cm³/mol. The Hall–Kier alpha value is -2.94. The molecule has 0 unspecified atom stereocenters. The van der Waals surface area contributed by atoms with E-state index in [0.717, 1.165) is 4.68 Å². The zero-order valence-corrected chi connectivity index (χ0v) is 15.1. The first-order valence-corrected chi connectivity index (χ1v) is 8.19. The highest BCUT2D eigenvalue weighted by Crippen LogP contribution is 2.31. The van der Waals surface area contributed by atoms with E-state index < -0.39 is 12.6 Å². The summed E-state index contributed by atoms with van der Waals surface area (Å²) in [7, 11) is 1.46. The van der Waals surface area contributed by atoms with Gasteiger partial charge in [-0.05, 0) is 19.1 Å². The molecular weight excluding hydrogens is 382 g/mol. The van der Waals surface area contributed by atoms with E-state index in [0.29, 0.717) is 27.5 Å². The van der Waals surface area contributed by atoms with E-state index in [4.69, 9.17) is 11.6 Å². The van der Waals surface area contributed by atoms with Gasteiger partial charge in [0, 0.05) is 29.3 Å². The molecule has 10 heteroatoms. The Balaban J connectivity index is 2.18. The fourth-order valence-corrected chi connectivity index (χ4v) is 2.86. The molecule has 0 fully saturated rings. The molecule has 0 bridgehead atoms. The molecule has 0 amide bonds. The van der Waals surface area contributed by atoms with Crippen LogP contribution in [0.2, 0.25) is 5.02 Å². The van der Waals surface area contributed by atoms with Crippen molar-refractivity contribution in [3.63, 3.8) is 0 Å². The largest absolute Gasteiger partial charge is 0.481 e. The second kappa shape index (κ2) is 7.36. The lowest BCUT2D eigenvalue weighted by Gasteiger charge is -2.07. The number of aliphatic carboxylic acids is 1. The van der Waals surface area contributed by atoms with Gasteiger partial charge < -0.3 is 9.84 Å². The smallest absolute Gasteiger partial charge is 0.388 e. The Morgan fingerprint density at radius 1 is 1.30 bits per heavy atom. The Kier molecular flexibility index (Phi) is 5.13. The van der Waals surface area contributed by atoms with E-state index in [1.165, 1.54) is 17.8 Å². The number of hydrogen-bond donors (Lipinski definition) is 1. The van der Waals surface area contributed by atoms with Gasteiger partial charge in [0.25, 0.3) is 0 Å². The number of ether oxygens (including phenoxy) is 1. The van der Waals surface area contributed by atoms with Gasteiger partial charge in [0.2, 0.25) is 5.88 Å². The van der Waals surface area contributed by atoms with Crippen LogP contribution in [-0.2, 0) is 18.3 Å². The average Bonchev–Trinajstić information content (AvgIpc) is 3.09. The van der Waals surface area contributed by atoms with Gasteiger partial charge in [-0.3, -0.25) is 4.79 Å². The molecule has 2 aromatic heterocycles. The molecule has 1 N–H and O–H groups in total. The van der Waals surface area contributed by atoms with Gasteiger partial charge in [0.1, 0.15) is 0 Å². The molecule has 0 saturated carbocycles. The van der Waals surface area contributed by atoms with Crippen LogP contribution in [0.5, 0.6) is 5.88 Å². The molecule has 0 atom stereocenters. The fraction of sp³-hybridized carbons (Fsp3) is 0.235. The summed E-state index contributed by atoms with van der Waals surface area (Å²) in [5.74, 6) is -0.941. The zero-order valence-electron chi connectivity index (χ0n) is 14.4. The standard InChI is InChI=1S/C17H15ClF2N4O3/c1-9-12(7-15(25)26)16(10-3-5-11(18)6-4-10)24(21-9)13-8-14(23(2)22-13)27-17(19)20/h3-6,8,17H,7H2,1-2H3,(H,25,26). The van der Waals surface area contributed by atoms with Crippen LogP contribution in [0.4, 0.5) is 8.78 Å². The number of aromatic nitrogens is 4. The Morgan fingerprint density at radius 2 is 1.96 bits per heavy atom. The van der Waals surface area contributed by atoms with Crippen molar-refractivity contribution in [2.75, 3.05) is 0 Å². The maximum atomic E-state index is 12.5. The molecule has 7 nitrogen and oxygen atoms in total. The summed E-state index contributed by atoms with van der Waals surface area (Å²) in [5, 5.41) is 18.3. The van der Waals surface area contributed by atoms with E-state index in [1.54, 1.807) is 31.2 Å². The van der Waals surface area contributed by atoms with Gasteiger partial charge in [-0.2, -0.15) is 13.9 Å². The first kappa shape index (κ1) is 18.8. The van der Waals surface area contributed by atoms with Crippen LogP contribution < -0.4 is 4.74 Å². The highest BCUT2D eigenvalue weighted by atomic mass is 35.5. The molecule has 142 valence electrons. The first-order valence-electron chi connectivity index (χ1n) is 7.81. The van der Waals surface area contributed by atoms with Crippen molar-refractivity contribution in [3.8, 4) is 23.0 Å². The molecule has 0 aliphatic carbocycles. The predicted octanol–water partition coefficient (Wildman–Crippen LogP) is 3.46. The van der Waals surface area contributed by atoms with E-state index in [2.05, 4.69) is 14.9 Å². The van der Waals surface area contributed by atoms with Gasteiger partial charge in [-0.25, -0.2) is 9.36 Å². The molecule has 2 heterocycles. The fourth-order valence-electron chi connectivity index (χ4n) is 2.73. The van der Waals surface area contributed by atoms with Crippen LogP contribution in [0.3, 0.4) is 0 Å². The molecule has 3 aromatic rings. The molecule has 0 saturated heterocycles. The molecular formula is C17H15ClF2N4O3. The molecule has 1 aromatic carbocycles. The lowest BCUT2D eigenvalue weighted by molar-refractivity contribution is -0.136. The number of halogens is 3. The van der Waals surface area contributed by atoms with Gasteiger partial charge in [0.15, 0.2) is 5.82 Å². The van der Waals surface area contributed by atoms with Crippen molar-refractivity contribution in [1.29, 1.82) is 0 Å². The number of nitrogens with zero attached hydrogens (tertiary/aromatic N) is 4. The Bertz CT molecular complexity index is 983. The maximum absolute atomic E-state index is 12.5. The number of benzene rings is 1. The van der Waals surface area contributed by atoms with Gasteiger partial charge in [0.05, 0.1) is 17.8 Å². The van der Waals surface area contributed by atoms with Crippen LogP contribution in [0.25, 0.3) is 17.1 Å². The lowest BCUT2D eigenvalue weighted by Crippen LogP contribution is -2.06. The number of aryl methyl sites for hydroxylation is 2. The maximum Gasteiger partial charge on any atom is 0.388 e. The van der Waals surface area contributed by atoms with Crippen LogP contribution in [0.1, 0.15) is 11.3 Å². The van der Waals surface area contributed by atoms with Crippen molar-refractivity contribution >= 4 is 17.6 Å². The third-order valence-electron chi connectivity index (χ3n) is 3.88. The summed E-state index contributed by atoms with van der Waals surface area (Å²) in [4.78, 5) is 11.3. The normalized spacial score (nSPS) is 11.2. The van der Waals surface area contributed by atoms with Crippen molar-refractivity contribution in [3.05, 3.63) is 46.6 Å². The third kappa shape index (κ3) is 3.92. The summed E-state index contributed by atoms with van der Waals surface area (Å²) in [6.45, 7) is -1.32. The zero-order chi connectivity index (χ0) is 19.7. The summed E-state index contributed by atoms with van der Waals surface area (Å²) >= 11 is 5.94. The van der Waals surface area contributed by atoms with Crippen molar-refractivity contribution in [1.82, 2.24) is 19.6 Å². The monoisotopic (exact) mass is 396 g/mol. The molecule has 3 rings (SSSR count). The van der Waals surface area contributed by atoms with E-state index in [1.807, 2.05) is 0 Å². The minimum Gasteiger partial charge on any atom is -0.481 e. The quantitative estimate of drug-likeness (QED) is 0.690. The van der Waals surface area contributed by atoms with Crippen molar-refractivity contribution in [2.45, 2.75) is 20.0 Å². The number of rotatable bonds is 6. The van der Waals surface area contributed by atoms with Crippen LogP contribution in [0, 0.1) is 6.92 Å². The van der Waals surface area contributed by atoms with Crippen LogP contribution in [0.15, 0.2) is 30.3 Å². The molecule has 0 radical (unpaired) electrons. The van der Waals surface area contributed by atoms with Crippen LogP contribution >= 0.6 is 11.6 Å². The summed E-state index contributed by atoms with van der Waals surface area (Å²) in [5.41, 5.74) is 2.14. The number of carboxylic acid groups (broad SMARTS) is 1. The molecule has 0 aliphatic rings. The van der Waals surface area contributed by atoms with Gasteiger partial charge >= 0.3 is 12.6 Å². The molecule has 27 heavy (non-hydrogen) atoms. The third-order valence-corrected chi connectivity index (χ3v) is 4.13. The lowest BCUT2D eigenvalue weighted by atomic mass is 10.0.